The van der Waals surface area contributed by atoms with Gasteiger partial charge in [-0.15, -0.1) is 0 Å². The Kier molecular flexibility index (Phi) is 5.01. The fourth-order valence-electron chi connectivity index (χ4n) is 1.22. The first-order valence-corrected chi connectivity index (χ1v) is 5.42. The van der Waals surface area contributed by atoms with Gasteiger partial charge in [-0.2, -0.15) is 0 Å². The SMILES string of the molecule is CN(CC(=O)OC(=O)[C@@H](N)Cc1cnc[nH]1)C(=N)N. The molecule has 0 aliphatic heterocycles. The maximum absolute atomic E-state index is 11.5. The summed E-state index contributed by atoms with van der Waals surface area (Å²) in [5.41, 5.74) is 11.4. The summed E-state index contributed by atoms with van der Waals surface area (Å²) in [6.07, 6.45) is 3.17. The number of hydrogen-bond donors (Lipinski definition) is 4. The van der Waals surface area contributed by atoms with Crippen LogP contribution in [-0.2, 0) is 20.7 Å². The van der Waals surface area contributed by atoms with Gasteiger partial charge in [-0.3, -0.25) is 5.41 Å². The lowest BCUT2D eigenvalue weighted by molar-refractivity contribution is -0.160. The van der Waals surface area contributed by atoms with Gasteiger partial charge in [0.25, 0.3) is 0 Å². The third-order valence-corrected chi connectivity index (χ3v) is 2.29. The molecule has 19 heavy (non-hydrogen) atoms. The molecule has 9 nitrogen and oxygen atoms in total. The van der Waals surface area contributed by atoms with Crippen LogP contribution in [0.5, 0.6) is 0 Å². The molecule has 6 N–H and O–H groups in total. The van der Waals surface area contributed by atoms with E-state index in [0.29, 0.717) is 5.69 Å². The van der Waals surface area contributed by atoms with Gasteiger partial charge in [0.05, 0.1) is 6.33 Å². The van der Waals surface area contributed by atoms with Gasteiger partial charge >= 0.3 is 11.9 Å². The summed E-state index contributed by atoms with van der Waals surface area (Å²) in [6.45, 7) is -0.294. The van der Waals surface area contributed by atoms with Crippen LogP contribution in [0.2, 0.25) is 0 Å². The number of carbonyl (C=O) groups excluding carboxylic acids is 2. The van der Waals surface area contributed by atoms with E-state index in [1.54, 1.807) is 0 Å². The maximum atomic E-state index is 11.5. The zero-order valence-electron chi connectivity index (χ0n) is 10.4. The van der Waals surface area contributed by atoms with E-state index in [1.807, 2.05) is 0 Å². The normalized spacial score (nSPS) is 11.7. The van der Waals surface area contributed by atoms with E-state index in [9.17, 15) is 9.59 Å². The third kappa shape index (κ3) is 4.76. The summed E-state index contributed by atoms with van der Waals surface area (Å²) in [4.78, 5) is 30.6. The second-order valence-corrected chi connectivity index (χ2v) is 3.92. The summed E-state index contributed by atoms with van der Waals surface area (Å²) in [7, 11) is 1.43. The monoisotopic (exact) mass is 268 g/mol. The van der Waals surface area contributed by atoms with Crippen LogP contribution < -0.4 is 11.5 Å². The largest absolute Gasteiger partial charge is 0.391 e. The van der Waals surface area contributed by atoms with Gasteiger partial charge in [0.2, 0.25) is 0 Å². The lowest BCUT2D eigenvalue weighted by Crippen LogP contribution is -2.41. The Hall–Kier alpha value is -2.42. The van der Waals surface area contributed by atoms with Crippen LogP contribution in [0.1, 0.15) is 5.69 Å². The van der Waals surface area contributed by atoms with Gasteiger partial charge < -0.3 is 26.1 Å². The first-order chi connectivity index (χ1) is 8.90. The van der Waals surface area contributed by atoms with Crippen molar-refractivity contribution in [1.29, 1.82) is 5.41 Å². The van der Waals surface area contributed by atoms with E-state index in [1.165, 1.54) is 19.6 Å². The van der Waals surface area contributed by atoms with Crippen molar-refractivity contribution in [1.82, 2.24) is 14.9 Å². The van der Waals surface area contributed by atoms with Crippen molar-refractivity contribution in [2.75, 3.05) is 13.6 Å². The average Bonchev–Trinajstić information content (AvgIpc) is 2.81. The van der Waals surface area contributed by atoms with Crippen molar-refractivity contribution in [3.8, 4) is 0 Å². The number of ether oxygens (including phenoxy) is 1. The number of hydrogen-bond acceptors (Lipinski definition) is 6. The molecular weight excluding hydrogens is 252 g/mol. The van der Waals surface area contributed by atoms with Crippen molar-refractivity contribution in [2.45, 2.75) is 12.5 Å². The number of esters is 2. The van der Waals surface area contributed by atoms with Crippen LogP contribution in [0.15, 0.2) is 12.5 Å². The highest BCUT2D eigenvalue weighted by Crippen LogP contribution is 1.99. The Morgan fingerprint density at radius 3 is 2.84 bits per heavy atom. The van der Waals surface area contributed by atoms with Gasteiger partial charge in [0.15, 0.2) is 5.96 Å². The molecule has 0 unspecified atom stereocenters. The number of rotatable bonds is 5. The number of aromatic nitrogens is 2. The fourth-order valence-corrected chi connectivity index (χ4v) is 1.22. The van der Waals surface area contributed by atoms with E-state index >= 15 is 0 Å². The molecule has 1 rings (SSSR count). The maximum Gasteiger partial charge on any atom is 0.333 e. The van der Waals surface area contributed by atoms with Crippen molar-refractivity contribution in [3.63, 3.8) is 0 Å². The Labute approximate surface area is 109 Å². The molecule has 1 atom stereocenters. The summed E-state index contributed by atoms with van der Waals surface area (Å²) >= 11 is 0. The second kappa shape index (κ2) is 6.50. The number of carbonyl (C=O) groups is 2. The van der Waals surface area contributed by atoms with Crippen molar-refractivity contribution < 1.29 is 14.3 Å². The molecular formula is C10H16N6O3. The predicted octanol–water partition coefficient (Wildman–Crippen LogP) is -1.83. The zero-order valence-corrected chi connectivity index (χ0v) is 10.4. The molecule has 104 valence electrons. The summed E-state index contributed by atoms with van der Waals surface area (Å²) in [6, 6.07) is -0.966. The Balaban J connectivity index is 2.41. The highest BCUT2D eigenvalue weighted by atomic mass is 16.6. The number of imidazole rings is 1. The molecule has 0 fully saturated rings. The molecule has 0 bridgehead atoms. The van der Waals surface area contributed by atoms with E-state index < -0.39 is 18.0 Å². The van der Waals surface area contributed by atoms with Crippen LogP contribution in [0, 0.1) is 5.41 Å². The van der Waals surface area contributed by atoms with Crippen LogP contribution in [-0.4, -0.2) is 52.4 Å². The molecule has 0 saturated carbocycles. The van der Waals surface area contributed by atoms with Gasteiger partial charge in [0.1, 0.15) is 12.6 Å². The molecule has 0 aromatic carbocycles. The fraction of sp³-hybridized carbons (Fsp3) is 0.400. The number of nitrogens with zero attached hydrogens (tertiary/aromatic N) is 2. The van der Waals surface area contributed by atoms with E-state index in [2.05, 4.69) is 14.7 Å². The molecule has 1 aromatic rings. The number of H-pyrrole nitrogens is 1. The zero-order chi connectivity index (χ0) is 14.4. The van der Waals surface area contributed by atoms with Crippen molar-refractivity contribution >= 4 is 17.9 Å². The molecule has 0 aliphatic rings. The molecule has 0 aliphatic carbocycles. The first kappa shape index (κ1) is 14.6. The van der Waals surface area contributed by atoms with E-state index in [-0.39, 0.29) is 18.9 Å². The van der Waals surface area contributed by atoms with Crippen molar-refractivity contribution in [3.05, 3.63) is 18.2 Å². The molecule has 1 heterocycles. The second-order valence-electron chi connectivity index (χ2n) is 3.92. The summed E-state index contributed by atoms with van der Waals surface area (Å²) in [5, 5.41) is 7.07. The van der Waals surface area contributed by atoms with Crippen LogP contribution >= 0.6 is 0 Å². The number of likely N-dealkylation sites (N-methyl/N-ethyl adjacent to an activating group) is 1. The van der Waals surface area contributed by atoms with Gasteiger partial charge in [0, 0.05) is 25.4 Å². The number of guanidine groups is 1. The van der Waals surface area contributed by atoms with E-state index in [0.717, 1.165) is 4.90 Å². The molecule has 1 aromatic heterocycles. The van der Waals surface area contributed by atoms with Gasteiger partial charge in [-0.05, 0) is 0 Å². The molecule has 0 spiro atoms. The van der Waals surface area contributed by atoms with E-state index in [4.69, 9.17) is 16.9 Å². The Morgan fingerprint density at radius 2 is 2.32 bits per heavy atom. The first-order valence-electron chi connectivity index (χ1n) is 5.42. The smallest absolute Gasteiger partial charge is 0.333 e. The quantitative estimate of drug-likeness (QED) is 0.212. The average molecular weight is 268 g/mol. The standard InChI is InChI=1S/C10H16N6O3/c1-16(10(12)13)4-8(17)19-9(18)7(11)2-6-3-14-5-15-6/h3,5,7H,2,4,11H2,1H3,(H3,12,13)(H,14,15)/t7-/m0/s1. The lowest BCUT2D eigenvalue weighted by atomic mass is 10.2. The highest BCUT2D eigenvalue weighted by Gasteiger charge is 2.20. The number of nitrogens with two attached hydrogens (primary N) is 2. The highest BCUT2D eigenvalue weighted by molar-refractivity contribution is 5.90. The summed E-state index contributed by atoms with van der Waals surface area (Å²) in [5.74, 6) is -1.95. The minimum atomic E-state index is -0.966. The number of aromatic amines is 1. The Morgan fingerprint density at radius 1 is 1.63 bits per heavy atom. The summed E-state index contributed by atoms with van der Waals surface area (Å²) < 4.78 is 4.55. The Bertz CT molecular complexity index is 458. The number of nitrogens with one attached hydrogen (secondary N) is 2. The van der Waals surface area contributed by atoms with Crippen LogP contribution in [0.3, 0.4) is 0 Å². The van der Waals surface area contributed by atoms with Gasteiger partial charge in [-0.25, -0.2) is 14.6 Å². The van der Waals surface area contributed by atoms with Crippen LogP contribution in [0.25, 0.3) is 0 Å². The van der Waals surface area contributed by atoms with Crippen LogP contribution in [0.4, 0.5) is 0 Å². The predicted molar refractivity (Wildman–Crippen MR) is 65.9 cm³/mol. The lowest BCUT2D eigenvalue weighted by Gasteiger charge is -2.15. The van der Waals surface area contributed by atoms with Crippen molar-refractivity contribution in [2.24, 2.45) is 11.5 Å². The third-order valence-electron chi connectivity index (χ3n) is 2.29. The minimum absolute atomic E-state index is 0.189. The topological polar surface area (TPSA) is 151 Å². The van der Waals surface area contributed by atoms with Gasteiger partial charge in [-0.1, -0.05) is 0 Å². The molecule has 0 saturated heterocycles. The minimum Gasteiger partial charge on any atom is -0.391 e. The molecule has 9 heteroatoms. The molecule has 0 radical (unpaired) electrons. The molecule has 0 amide bonds.